The number of rotatable bonds is 1. The monoisotopic (exact) mass is 814 g/mol. The number of fused-ring (bicyclic) bond motifs is 15. The molecule has 0 radical (unpaired) electrons. The quantitative estimate of drug-likeness (QED) is 0.154. The van der Waals surface area contributed by atoms with Crippen LogP contribution in [-0.4, -0.2) is 12.4 Å². The van der Waals surface area contributed by atoms with Gasteiger partial charge < -0.3 is 14.1 Å². The predicted molar refractivity (Wildman–Crippen MR) is 262 cm³/mol. The first-order valence-electron chi connectivity index (χ1n) is 23.0. The van der Waals surface area contributed by atoms with E-state index in [2.05, 4.69) is 169 Å². The Labute approximate surface area is 364 Å². The van der Waals surface area contributed by atoms with Gasteiger partial charge >= 0.3 is 6.85 Å². The van der Waals surface area contributed by atoms with Crippen LogP contribution in [0.3, 0.4) is 0 Å². The Bertz CT molecular complexity index is 3250. The van der Waals surface area contributed by atoms with Gasteiger partial charge in [0.25, 0.3) is 0 Å². The third-order valence-corrected chi connectivity index (χ3v) is 18.2. The molecular weight excluding hydrogens is 760 g/mol. The number of thiophene rings is 1. The number of anilines is 4. The largest absolute Gasteiger partial charge is 0.456 e. The van der Waals surface area contributed by atoms with E-state index in [1.807, 2.05) is 11.3 Å². The van der Waals surface area contributed by atoms with Gasteiger partial charge in [0.15, 0.2) is 0 Å². The van der Waals surface area contributed by atoms with Crippen LogP contribution in [-0.2, 0) is 21.7 Å². The lowest BCUT2D eigenvalue weighted by molar-refractivity contribution is 0.195. The molecule has 6 aromatic carbocycles. The third kappa shape index (κ3) is 4.52. The topological polar surface area (TPSA) is 19.6 Å². The second-order valence-corrected chi connectivity index (χ2v) is 23.3. The van der Waals surface area contributed by atoms with Gasteiger partial charge in [0, 0.05) is 70.2 Å². The maximum Gasteiger partial charge on any atom is 0.333 e. The van der Waals surface area contributed by atoms with Crippen molar-refractivity contribution in [2.75, 3.05) is 9.71 Å². The van der Waals surface area contributed by atoms with Crippen molar-refractivity contribution >= 4 is 94.0 Å². The molecule has 0 amide bonds. The summed E-state index contributed by atoms with van der Waals surface area (Å²) in [5, 5.41) is 5.17. The zero-order valence-electron chi connectivity index (χ0n) is 37.3. The maximum absolute atomic E-state index is 7.10. The highest BCUT2D eigenvalue weighted by molar-refractivity contribution is 7.26. The molecule has 61 heavy (non-hydrogen) atoms. The minimum absolute atomic E-state index is 0.00752. The third-order valence-electron chi connectivity index (χ3n) is 17.0. The number of hydrogen-bond donors (Lipinski definition) is 0. The summed E-state index contributed by atoms with van der Waals surface area (Å²) in [7, 11) is 0. The molecule has 0 N–H and O–H groups in total. The zero-order chi connectivity index (χ0) is 41.7. The summed E-state index contributed by atoms with van der Waals surface area (Å²) in [5.41, 5.74) is 19.0. The summed E-state index contributed by atoms with van der Waals surface area (Å²) in [6.07, 6.45) is 7.29. The fourth-order valence-corrected chi connectivity index (χ4v) is 14.4. The lowest BCUT2D eigenvalue weighted by Crippen LogP contribution is -2.64. The smallest absolute Gasteiger partial charge is 0.333 e. The van der Waals surface area contributed by atoms with Crippen LogP contribution in [0.15, 0.2) is 101 Å². The van der Waals surface area contributed by atoms with E-state index < -0.39 is 0 Å². The van der Waals surface area contributed by atoms with Gasteiger partial charge in [0.1, 0.15) is 11.2 Å². The first-order valence-corrected chi connectivity index (χ1v) is 23.8. The molecule has 5 heterocycles. The van der Waals surface area contributed by atoms with Gasteiger partial charge in [0.05, 0.1) is 5.54 Å². The number of para-hydroxylation sites is 1. The molecule has 2 unspecified atom stereocenters. The van der Waals surface area contributed by atoms with Gasteiger partial charge in [-0.2, -0.15) is 0 Å². The lowest BCUT2D eigenvalue weighted by atomic mass is 9.43. The van der Waals surface area contributed by atoms with Crippen LogP contribution >= 0.6 is 11.3 Å². The molecule has 5 aliphatic rings. The van der Waals surface area contributed by atoms with Crippen molar-refractivity contribution in [1.82, 2.24) is 0 Å². The van der Waals surface area contributed by atoms with Crippen LogP contribution in [0.25, 0.3) is 53.2 Å². The molecule has 3 aliphatic heterocycles. The molecule has 5 heteroatoms. The molecule has 3 nitrogen and oxygen atoms in total. The summed E-state index contributed by atoms with van der Waals surface area (Å²) >= 11 is 1.97. The van der Waals surface area contributed by atoms with Gasteiger partial charge in [0.2, 0.25) is 0 Å². The van der Waals surface area contributed by atoms with E-state index in [0.717, 1.165) is 11.2 Å². The van der Waals surface area contributed by atoms with Crippen molar-refractivity contribution in [3.8, 4) is 11.1 Å². The van der Waals surface area contributed by atoms with Gasteiger partial charge in [-0.15, -0.1) is 11.3 Å². The SMILES string of the molecule is CC(C)(C)c1cc2c3c(c1)C1(C)CCCCC1(C)N3c1cc3c(sc4ccccc43)c3c1B2N(c1ccccc1)c1cc2c(cc1-3)oc1cc3c(cc12)C(C)(C)CCC3(C)C. The van der Waals surface area contributed by atoms with Crippen LogP contribution in [0.4, 0.5) is 22.7 Å². The lowest BCUT2D eigenvalue weighted by Gasteiger charge is -2.53. The first-order chi connectivity index (χ1) is 29.1. The van der Waals surface area contributed by atoms with E-state index in [1.165, 1.54) is 131 Å². The average Bonchev–Trinajstić information content (AvgIpc) is 3.85. The first kappa shape index (κ1) is 36.6. The van der Waals surface area contributed by atoms with Crippen LogP contribution in [0, 0.1) is 0 Å². The van der Waals surface area contributed by atoms with E-state index >= 15 is 0 Å². The van der Waals surface area contributed by atoms with Crippen molar-refractivity contribution in [3.05, 3.63) is 119 Å². The molecule has 8 aromatic rings. The van der Waals surface area contributed by atoms with E-state index in [1.54, 1.807) is 5.56 Å². The molecule has 2 aliphatic carbocycles. The summed E-state index contributed by atoms with van der Waals surface area (Å²) in [6.45, 7) is 22.1. The molecule has 0 spiro atoms. The fraction of sp³-hybridized carbons (Fsp3) is 0.357. The van der Waals surface area contributed by atoms with E-state index in [9.17, 15) is 0 Å². The summed E-state index contributed by atoms with van der Waals surface area (Å²) < 4.78 is 9.84. The Morgan fingerprint density at radius 3 is 2.08 bits per heavy atom. The second-order valence-electron chi connectivity index (χ2n) is 22.3. The van der Waals surface area contributed by atoms with Crippen molar-refractivity contribution < 1.29 is 4.42 Å². The predicted octanol–water partition coefficient (Wildman–Crippen LogP) is 14.6. The summed E-state index contributed by atoms with van der Waals surface area (Å²) in [4.78, 5) is 5.63. The Hall–Kier alpha value is -5.00. The average molecular weight is 815 g/mol. The van der Waals surface area contributed by atoms with Gasteiger partial charge in [-0.1, -0.05) is 117 Å². The van der Waals surface area contributed by atoms with Crippen molar-refractivity contribution in [1.29, 1.82) is 0 Å². The molecule has 1 fully saturated rings. The summed E-state index contributed by atoms with van der Waals surface area (Å²) in [6, 6.07) is 38.2. The van der Waals surface area contributed by atoms with E-state index in [0.29, 0.717) is 0 Å². The van der Waals surface area contributed by atoms with Gasteiger partial charge in [-0.25, -0.2) is 0 Å². The minimum Gasteiger partial charge on any atom is -0.456 e. The standard InChI is InChI=1S/C56H55BN2OS/c1-52(2,3)32-25-41-50-42(26-32)57-49-44(58(50)56(9)22-16-15-21-55(41,56)8)29-37-34-19-13-14-20-47(34)61-51(37)48(49)38-30-45-36(28-43(38)59(57)33-17-11-10-12-18-33)35-27-39-40(31-46(35)60-45)54(6,7)24-23-53(39,4)5/h10-14,17-20,25-31H,15-16,21-24H2,1-9H3. The number of hydrogen-bond acceptors (Lipinski definition) is 4. The molecule has 304 valence electrons. The molecular formula is C56H55BN2OS. The Balaban J connectivity index is 1.21. The Kier molecular flexibility index (Phi) is 6.92. The number of furan rings is 1. The van der Waals surface area contributed by atoms with Gasteiger partial charge in [-0.05, 0) is 131 Å². The number of benzene rings is 6. The molecule has 2 atom stereocenters. The maximum atomic E-state index is 7.10. The molecule has 0 bridgehead atoms. The molecule has 1 saturated carbocycles. The van der Waals surface area contributed by atoms with E-state index in [-0.39, 0.29) is 34.0 Å². The molecule has 13 rings (SSSR count). The number of nitrogens with zero attached hydrogens (tertiary/aromatic N) is 2. The Morgan fingerprint density at radius 1 is 0.639 bits per heavy atom. The van der Waals surface area contributed by atoms with Crippen LogP contribution in [0.5, 0.6) is 0 Å². The highest BCUT2D eigenvalue weighted by atomic mass is 32.1. The van der Waals surface area contributed by atoms with Crippen LogP contribution in [0.1, 0.15) is 123 Å². The van der Waals surface area contributed by atoms with Crippen molar-refractivity contribution in [2.45, 2.75) is 128 Å². The van der Waals surface area contributed by atoms with Crippen molar-refractivity contribution in [2.24, 2.45) is 0 Å². The van der Waals surface area contributed by atoms with Crippen LogP contribution < -0.4 is 20.6 Å². The summed E-state index contributed by atoms with van der Waals surface area (Å²) in [5.74, 6) is 0. The van der Waals surface area contributed by atoms with Crippen LogP contribution in [0.2, 0.25) is 0 Å². The minimum atomic E-state index is -0.0572. The second kappa shape index (κ2) is 11.5. The molecule has 2 aromatic heterocycles. The highest BCUT2D eigenvalue weighted by Gasteiger charge is 2.62. The fourth-order valence-electron chi connectivity index (χ4n) is 13.2. The highest BCUT2D eigenvalue weighted by Crippen LogP contribution is 2.63. The van der Waals surface area contributed by atoms with Gasteiger partial charge in [-0.3, -0.25) is 0 Å². The van der Waals surface area contributed by atoms with E-state index in [4.69, 9.17) is 4.42 Å². The van der Waals surface area contributed by atoms with Crippen molar-refractivity contribution in [3.63, 3.8) is 0 Å². The molecule has 0 saturated heterocycles. The normalized spacial score (nSPS) is 23.1. The Morgan fingerprint density at radius 2 is 1.31 bits per heavy atom. The zero-order valence-corrected chi connectivity index (χ0v) is 38.1.